The van der Waals surface area contributed by atoms with Gasteiger partial charge in [0.15, 0.2) is 13.9 Å². The zero-order valence-corrected chi connectivity index (χ0v) is 33.5. The summed E-state index contributed by atoms with van der Waals surface area (Å²) in [6.45, 7) is 6.07. The molecule has 2 saturated heterocycles. The predicted molar refractivity (Wildman–Crippen MR) is 221 cm³/mol. The van der Waals surface area contributed by atoms with Gasteiger partial charge in [0.1, 0.15) is 0 Å². The van der Waals surface area contributed by atoms with E-state index in [0.717, 1.165) is 17.4 Å². The van der Waals surface area contributed by atoms with Crippen LogP contribution >= 0.6 is 0 Å². The van der Waals surface area contributed by atoms with E-state index in [0.29, 0.717) is 51.7 Å². The van der Waals surface area contributed by atoms with Crippen molar-refractivity contribution in [2.24, 2.45) is 5.92 Å². The van der Waals surface area contributed by atoms with E-state index >= 15 is 4.79 Å². The first-order valence-corrected chi connectivity index (χ1v) is 22.7. The number of aliphatic hydroxyl groups is 1. The molecule has 9 rings (SSSR count). The Morgan fingerprint density at radius 3 is 2.09 bits per heavy atom. The zero-order chi connectivity index (χ0) is 40.5. The van der Waals surface area contributed by atoms with Crippen LogP contribution in [-0.4, -0.2) is 79.8 Å². The summed E-state index contributed by atoms with van der Waals surface area (Å²) in [5.41, 5.74) is 0.226. The second-order valence-electron chi connectivity index (χ2n) is 16.3. The Morgan fingerprint density at radius 2 is 1.47 bits per heavy atom. The van der Waals surface area contributed by atoms with Crippen LogP contribution < -0.4 is 16.0 Å². The average Bonchev–Trinajstić information content (AvgIpc) is 3.89. The molecule has 2 fully saturated rings. The van der Waals surface area contributed by atoms with Gasteiger partial charge >= 0.3 is 0 Å². The molecule has 58 heavy (non-hydrogen) atoms. The average molecular weight is 797 g/mol. The summed E-state index contributed by atoms with van der Waals surface area (Å²) in [4.78, 5) is 71.5. The van der Waals surface area contributed by atoms with Crippen LogP contribution in [0.1, 0.15) is 37.3 Å². The van der Waals surface area contributed by atoms with Gasteiger partial charge in [0.25, 0.3) is 17.0 Å². The summed E-state index contributed by atoms with van der Waals surface area (Å²) in [7, 11) is -3.12. The molecule has 3 aliphatic heterocycles. The molecule has 0 bridgehead atoms. The van der Waals surface area contributed by atoms with Crippen molar-refractivity contribution in [1.82, 2.24) is 24.5 Å². The maximum atomic E-state index is 15.3. The first-order chi connectivity index (χ1) is 27.9. The number of anilines is 1. The van der Waals surface area contributed by atoms with Crippen LogP contribution in [0.15, 0.2) is 113 Å². The van der Waals surface area contributed by atoms with E-state index in [1.807, 2.05) is 62.5 Å². The Balaban J connectivity index is 1.12. The highest BCUT2D eigenvalue weighted by molar-refractivity contribution is 6.71. The number of ether oxygens (including phenoxy) is 1. The third kappa shape index (κ3) is 6.01. The molecule has 0 unspecified atom stereocenters. The summed E-state index contributed by atoms with van der Waals surface area (Å²) in [6.07, 6.45) is 3.94. The van der Waals surface area contributed by atoms with Crippen LogP contribution in [0.5, 0.6) is 0 Å². The molecule has 2 amide bonds. The van der Waals surface area contributed by atoms with Crippen molar-refractivity contribution in [2.75, 3.05) is 18.1 Å². The van der Waals surface area contributed by atoms with Crippen molar-refractivity contribution in [3.05, 3.63) is 135 Å². The lowest BCUT2D eigenvalue weighted by Crippen LogP contribution is -2.46. The van der Waals surface area contributed by atoms with Crippen LogP contribution in [-0.2, 0) is 26.5 Å². The topological polar surface area (TPSA) is 160 Å². The van der Waals surface area contributed by atoms with Gasteiger partial charge in [0.2, 0.25) is 5.91 Å². The van der Waals surface area contributed by atoms with Gasteiger partial charge in [-0.2, -0.15) is 19.6 Å². The second-order valence-corrected chi connectivity index (χ2v) is 20.3. The Morgan fingerprint density at radius 1 is 0.862 bits per heavy atom. The molecule has 5 heterocycles. The SMILES string of the molecule is C[C@H]1[C@H]([Si](C)(C)O)[C@@H](CC(=O)N2CCC[C@H]2CO)O[C@]12C(=O)N(Cc1ccc(-n3ncc4ccccc4c3=O)cc1)c1ccc(-n3ncc4ccccc4c3=O)cc12. The molecule has 5 atom stereocenters. The van der Waals surface area contributed by atoms with Crippen LogP contribution in [0.2, 0.25) is 18.6 Å². The van der Waals surface area contributed by atoms with Gasteiger partial charge in [-0.3, -0.25) is 19.2 Å². The Hall–Kier alpha value is -5.80. The monoisotopic (exact) mass is 796 g/mol. The smallest absolute Gasteiger partial charge is 0.279 e. The van der Waals surface area contributed by atoms with E-state index in [2.05, 4.69) is 10.2 Å². The number of amides is 2. The second kappa shape index (κ2) is 14.2. The fourth-order valence-corrected chi connectivity index (χ4v) is 12.2. The molecule has 14 heteroatoms. The van der Waals surface area contributed by atoms with Gasteiger partial charge in [-0.05, 0) is 74.0 Å². The predicted octanol–water partition coefficient (Wildman–Crippen LogP) is 4.80. The van der Waals surface area contributed by atoms with E-state index < -0.39 is 31.5 Å². The van der Waals surface area contributed by atoms with E-state index in [1.54, 1.807) is 70.7 Å². The highest BCUT2D eigenvalue weighted by Gasteiger charge is 2.66. The number of carbonyl (C=O) groups is 2. The number of aromatic nitrogens is 4. The van der Waals surface area contributed by atoms with E-state index in [4.69, 9.17) is 4.74 Å². The Bertz CT molecular complexity index is 2730. The minimum absolute atomic E-state index is 0.0537. The highest BCUT2D eigenvalue weighted by atomic mass is 28.4. The minimum Gasteiger partial charge on any atom is -0.432 e. The Kier molecular flexibility index (Phi) is 9.27. The first-order valence-electron chi connectivity index (χ1n) is 19.7. The number of carbonyl (C=O) groups excluding carboxylic acids is 2. The summed E-state index contributed by atoms with van der Waals surface area (Å²) >= 11 is 0. The van der Waals surface area contributed by atoms with Gasteiger partial charge < -0.3 is 24.4 Å². The lowest BCUT2D eigenvalue weighted by molar-refractivity contribution is -0.150. The molecule has 3 aliphatic rings. The molecule has 2 N–H and O–H groups in total. The van der Waals surface area contributed by atoms with Gasteiger partial charge in [-0.15, -0.1) is 0 Å². The molecular weight excluding hydrogens is 753 g/mol. The van der Waals surface area contributed by atoms with Gasteiger partial charge in [-0.1, -0.05) is 55.5 Å². The minimum atomic E-state index is -3.12. The van der Waals surface area contributed by atoms with Crippen molar-refractivity contribution >= 4 is 47.4 Å². The van der Waals surface area contributed by atoms with Crippen molar-refractivity contribution < 1.29 is 24.2 Å². The molecular formula is C44H44N6O7Si. The number of nitrogens with zero attached hydrogens (tertiary/aromatic N) is 6. The molecule has 0 radical (unpaired) electrons. The molecule has 0 saturated carbocycles. The van der Waals surface area contributed by atoms with Gasteiger partial charge in [0, 0.05) is 34.3 Å². The number of likely N-dealkylation sites (tertiary alicyclic amines) is 1. The summed E-state index contributed by atoms with van der Waals surface area (Å²) < 4.78 is 9.67. The van der Waals surface area contributed by atoms with E-state index in [-0.39, 0.29) is 48.5 Å². The number of rotatable bonds is 8. The molecule has 1 spiro atoms. The molecule has 2 aromatic heterocycles. The summed E-state index contributed by atoms with van der Waals surface area (Å²) in [5.74, 6) is -1.09. The summed E-state index contributed by atoms with van der Waals surface area (Å²) in [5, 5.41) is 21.4. The van der Waals surface area contributed by atoms with E-state index in [9.17, 15) is 24.3 Å². The van der Waals surface area contributed by atoms with Gasteiger partial charge in [0.05, 0.1) is 71.9 Å². The van der Waals surface area contributed by atoms with Crippen LogP contribution in [0.4, 0.5) is 5.69 Å². The molecule has 0 aliphatic carbocycles. The van der Waals surface area contributed by atoms with Crippen LogP contribution in [0.3, 0.4) is 0 Å². The first kappa shape index (κ1) is 37.8. The fourth-order valence-electron chi connectivity index (χ4n) is 9.67. The fraction of sp³-hybridized carbons (Fsp3) is 0.318. The number of fused-ring (bicyclic) bond motifs is 4. The van der Waals surface area contributed by atoms with Crippen molar-refractivity contribution in [2.45, 2.75) is 69.1 Å². The van der Waals surface area contributed by atoms with Crippen molar-refractivity contribution in [3.8, 4) is 11.4 Å². The molecule has 13 nitrogen and oxygen atoms in total. The standard InChI is InChI=1S/C44H44N6O7Si/c1-27-40(58(2,3)56)38(22-39(52)47-20-8-11-33(47)26-51)57-44(27)36-21-32(50-42(54)35-13-7-5-10-30(35)24-46-50)18-19-37(36)48(43(44)55)25-28-14-16-31(17-15-28)49-41(53)34-12-6-4-9-29(34)23-45-49/h4-7,9-10,12-19,21,23-24,27,33,38,40,51,56H,8,11,20,22,25-26H2,1-3H3/t27-,33-,38+,40-,44+/m0/s1. The summed E-state index contributed by atoms with van der Waals surface area (Å²) in [6, 6.07) is 26.8. The maximum absolute atomic E-state index is 15.3. The molecule has 296 valence electrons. The van der Waals surface area contributed by atoms with Crippen molar-refractivity contribution in [1.29, 1.82) is 0 Å². The number of aliphatic hydroxyl groups excluding tert-OH is 1. The van der Waals surface area contributed by atoms with Gasteiger partial charge in [-0.25, -0.2) is 0 Å². The lowest BCUT2D eigenvalue weighted by Gasteiger charge is -2.33. The Labute approximate surface area is 334 Å². The van der Waals surface area contributed by atoms with Crippen LogP contribution in [0.25, 0.3) is 32.9 Å². The zero-order valence-electron chi connectivity index (χ0n) is 32.5. The highest BCUT2D eigenvalue weighted by Crippen LogP contribution is 2.60. The quantitative estimate of drug-likeness (QED) is 0.206. The normalized spacial score (nSPS) is 23.1. The number of hydrogen-bond donors (Lipinski definition) is 2. The van der Waals surface area contributed by atoms with E-state index in [1.165, 1.54) is 9.36 Å². The molecule has 4 aromatic carbocycles. The third-order valence-electron chi connectivity index (χ3n) is 12.4. The number of benzene rings is 4. The van der Waals surface area contributed by atoms with Crippen LogP contribution in [0, 0.1) is 5.92 Å². The number of hydrogen-bond acceptors (Lipinski definition) is 9. The lowest BCUT2D eigenvalue weighted by atomic mass is 9.82. The van der Waals surface area contributed by atoms with Crippen molar-refractivity contribution in [3.63, 3.8) is 0 Å². The largest absolute Gasteiger partial charge is 0.432 e. The maximum Gasteiger partial charge on any atom is 0.279 e. The third-order valence-corrected chi connectivity index (χ3v) is 14.9. The molecule has 6 aromatic rings.